The number of carbonyl (C=O) groups is 1. The number of aromatic nitrogens is 3. The van der Waals surface area contributed by atoms with E-state index in [-0.39, 0.29) is 6.10 Å². The minimum atomic E-state index is -0.899. The van der Waals surface area contributed by atoms with Crippen molar-refractivity contribution in [2.45, 2.75) is 32.8 Å². The maximum Gasteiger partial charge on any atom is 0.407 e. The molecule has 0 atom stereocenters. The second kappa shape index (κ2) is 8.43. The summed E-state index contributed by atoms with van der Waals surface area (Å²) in [6.07, 6.45) is 4.99. The number of rotatable bonds is 5. The first kappa shape index (κ1) is 18.6. The Bertz CT molecular complexity index is 820. The monoisotopic (exact) mass is 371 g/mol. The highest BCUT2D eigenvalue weighted by Gasteiger charge is 2.24. The van der Waals surface area contributed by atoms with Crippen LogP contribution in [0.4, 0.5) is 4.79 Å². The van der Waals surface area contributed by atoms with E-state index < -0.39 is 6.09 Å². The molecule has 27 heavy (non-hydrogen) atoms. The summed E-state index contributed by atoms with van der Waals surface area (Å²) in [5.41, 5.74) is 2.16. The van der Waals surface area contributed by atoms with Crippen LogP contribution < -0.4 is 9.57 Å². The number of amides is 1. The van der Waals surface area contributed by atoms with Crippen molar-refractivity contribution in [2.24, 2.45) is 5.16 Å². The van der Waals surface area contributed by atoms with Gasteiger partial charge < -0.3 is 19.6 Å². The number of ether oxygens (including phenoxy) is 1. The summed E-state index contributed by atoms with van der Waals surface area (Å²) in [6.45, 7) is 4.51. The number of piperidine rings is 1. The van der Waals surface area contributed by atoms with Crippen LogP contribution in [0.5, 0.6) is 11.8 Å². The molecule has 0 bridgehead atoms. The van der Waals surface area contributed by atoms with Gasteiger partial charge in [0.1, 0.15) is 12.4 Å². The van der Waals surface area contributed by atoms with Crippen LogP contribution in [0.15, 0.2) is 36.0 Å². The van der Waals surface area contributed by atoms with Crippen molar-refractivity contribution in [2.75, 3.05) is 13.1 Å². The van der Waals surface area contributed by atoms with Gasteiger partial charge in [0.25, 0.3) is 5.88 Å². The third-order valence-corrected chi connectivity index (χ3v) is 4.33. The topological polar surface area (TPSA) is 110 Å². The predicted molar refractivity (Wildman–Crippen MR) is 97.1 cm³/mol. The molecule has 2 aromatic rings. The van der Waals surface area contributed by atoms with Crippen LogP contribution in [0, 0.1) is 6.92 Å². The Morgan fingerprint density at radius 1 is 1.30 bits per heavy atom. The molecule has 2 aromatic heterocycles. The molecule has 1 fully saturated rings. The minimum absolute atomic E-state index is 0.0947. The average Bonchev–Trinajstić information content (AvgIpc) is 2.69. The van der Waals surface area contributed by atoms with Gasteiger partial charge in [-0.1, -0.05) is 5.16 Å². The molecule has 1 N–H and O–H groups in total. The zero-order valence-corrected chi connectivity index (χ0v) is 15.2. The molecule has 1 amide bonds. The molecule has 0 aliphatic carbocycles. The summed E-state index contributed by atoms with van der Waals surface area (Å²) in [5.74, 6) is 0.731. The number of likely N-dealkylation sites (tertiary alicyclic amines) is 1. The fraction of sp³-hybridized carbons (Fsp3) is 0.389. The summed E-state index contributed by atoms with van der Waals surface area (Å²) in [5, 5.41) is 13.1. The van der Waals surface area contributed by atoms with Crippen molar-refractivity contribution in [3.63, 3.8) is 0 Å². The van der Waals surface area contributed by atoms with E-state index in [2.05, 4.69) is 20.1 Å². The third kappa shape index (κ3) is 4.69. The molecule has 142 valence electrons. The Kier molecular flexibility index (Phi) is 5.80. The van der Waals surface area contributed by atoms with E-state index in [1.165, 1.54) is 11.2 Å². The minimum Gasteiger partial charge on any atom is -0.474 e. The van der Waals surface area contributed by atoms with Gasteiger partial charge in [0, 0.05) is 43.9 Å². The normalized spacial score (nSPS) is 15.5. The van der Waals surface area contributed by atoms with Crippen molar-refractivity contribution < 1.29 is 19.5 Å². The predicted octanol–water partition coefficient (Wildman–Crippen LogP) is 2.50. The average molecular weight is 371 g/mol. The van der Waals surface area contributed by atoms with Crippen LogP contribution in [0.3, 0.4) is 0 Å². The summed E-state index contributed by atoms with van der Waals surface area (Å²) in [6, 6.07) is 3.71. The molecular weight excluding hydrogens is 350 g/mol. The zero-order chi connectivity index (χ0) is 19.2. The first-order valence-electron chi connectivity index (χ1n) is 8.62. The van der Waals surface area contributed by atoms with E-state index in [0.29, 0.717) is 49.0 Å². The molecule has 0 spiro atoms. The highest BCUT2D eigenvalue weighted by molar-refractivity contribution is 5.98. The lowest BCUT2D eigenvalue weighted by Gasteiger charge is -2.30. The number of nitrogens with zero attached hydrogens (tertiary/aromatic N) is 5. The van der Waals surface area contributed by atoms with Crippen molar-refractivity contribution in [1.29, 1.82) is 0 Å². The Hall–Kier alpha value is -3.23. The van der Waals surface area contributed by atoms with Crippen molar-refractivity contribution in [1.82, 2.24) is 19.9 Å². The van der Waals surface area contributed by atoms with Crippen molar-refractivity contribution in [3.8, 4) is 11.8 Å². The van der Waals surface area contributed by atoms with Gasteiger partial charge in [-0.2, -0.15) is 4.98 Å². The summed E-state index contributed by atoms with van der Waals surface area (Å²) >= 11 is 0. The summed E-state index contributed by atoms with van der Waals surface area (Å²) < 4.78 is 5.94. The van der Waals surface area contributed by atoms with Gasteiger partial charge in [-0.05, 0) is 26.0 Å². The lowest BCUT2D eigenvalue weighted by atomic mass is 10.1. The lowest BCUT2D eigenvalue weighted by molar-refractivity contribution is 0.0863. The van der Waals surface area contributed by atoms with E-state index >= 15 is 0 Å². The quantitative estimate of drug-likeness (QED) is 0.635. The van der Waals surface area contributed by atoms with Gasteiger partial charge in [-0.25, -0.2) is 9.78 Å². The SMILES string of the molecule is CC(=NOc1ncnc(OC2CCN(C(=O)O)CC2)c1C)c1cccnc1. The van der Waals surface area contributed by atoms with Gasteiger partial charge in [0.05, 0.1) is 11.3 Å². The van der Waals surface area contributed by atoms with Crippen LogP contribution in [-0.2, 0) is 0 Å². The maximum absolute atomic E-state index is 11.0. The van der Waals surface area contributed by atoms with Crippen LogP contribution in [0.25, 0.3) is 0 Å². The molecule has 9 nitrogen and oxygen atoms in total. The first-order valence-corrected chi connectivity index (χ1v) is 8.62. The third-order valence-electron chi connectivity index (χ3n) is 4.33. The van der Waals surface area contributed by atoms with Crippen LogP contribution in [0.2, 0.25) is 0 Å². The van der Waals surface area contributed by atoms with Crippen molar-refractivity contribution in [3.05, 3.63) is 42.0 Å². The number of oxime groups is 1. The Morgan fingerprint density at radius 3 is 2.70 bits per heavy atom. The highest BCUT2D eigenvalue weighted by Crippen LogP contribution is 2.25. The van der Waals surface area contributed by atoms with Gasteiger partial charge in [-0.15, -0.1) is 0 Å². The fourth-order valence-corrected chi connectivity index (χ4v) is 2.69. The number of hydrogen-bond donors (Lipinski definition) is 1. The molecule has 1 saturated heterocycles. The Labute approximate surface area is 156 Å². The molecule has 0 aromatic carbocycles. The molecule has 1 aliphatic heterocycles. The lowest BCUT2D eigenvalue weighted by Crippen LogP contribution is -2.41. The Balaban J connectivity index is 1.65. The molecule has 9 heteroatoms. The first-order chi connectivity index (χ1) is 13.0. The number of pyridine rings is 1. The summed E-state index contributed by atoms with van der Waals surface area (Å²) in [4.78, 5) is 30.2. The van der Waals surface area contributed by atoms with Crippen LogP contribution in [0.1, 0.15) is 30.9 Å². The number of carboxylic acid groups (broad SMARTS) is 1. The molecule has 3 rings (SSSR count). The van der Waals surface area contributed by atoms with E-state index in [9.17, 15) is 4.79 Å². The standard InChI is InChI=1S/C18H21N5O4/c1-12-16(26-15-5-8-23(9-6-15)18(24)25)20-11-21-17(12)27-22-13(2)14-4-3-7-19-10-14/h3-4,7,10-11,15H,5-6,8-9H2,1-2H3,(H,24,25). The smallest absolute Gasteiger partial charge is 0.407 e. The van der Waals surface area contributed by atoms with Gasteiger partial charge in [0.15, 0.2) is 0 Å². The van der Waals surface area contributed by atoms with Gasteiger partial charge in [-0.3, -0.25) is 4.98 Å². The van der Waals surface area contributed by atoms with E-state index in [0.717, 1.165) is 5.56 Å². The maximum atomic E-state index is 11.0. The molecule has 0 unspecified atom stereocenters. The second-order valence-electron chi connectivity index (χ2n) is 6.21. The van der Waals surface area contributed by atoms with Gasteiger partial charge >= 0.3 is 6.09 Å². The largest absolute Gasteiger partial charge is 0.474 e. The number of hydrogen-bond acceptors (Lipinski definition) is 7. The second-order valence-corrected chi connectivity index (χ2v) is 6.21. The van der Waals surface area contributed by atoms with E-state index in [4.69, 9.17) is 14.7 Å². The molecular formula is C18H21N5O4. The Morgan fingerprint density at radius 2 is 2.04 bits per heavy atom. The molecule has 1 aliphatic rings. The highest BCUT2D eigenvalue weighted by atomic mass is 16.6. The van der Waals surface area contributed by atoms with Crippen LogP contribution >= 0.6 is 0 Å². The molecule has 3 heterocycles. The van der Waals surface area contributed by atoms with Gasteiger partial charge in [0.2, 0.25) is 5.88 Å². The van der Waals surface area contributed by atoms with Crippen molar-refractivity contribution >= 4 is 11.8 Å². The molecule has 0 radical (unpaired) electrons. The van der Waals surface area contributed by atoms with E-state index in [1.54, 1.807) is 19.3 Å². The van der Waals surface area contributed by atoms with Crippen LogP contribution in [-0.4, -0.2) is 56.0 Å². The van der Waals surface area contributed by atoms with E-state index in [1.807, 2.05) is 19.1 Å². The summed E-state index contributed by atoms with van der Waals surface area (Å²) in [7, 11) is 0. The fourth-order valence-electron chi connectivity index (χ4n) is 2.69. The molecule has 0 saturated carbocycles. The zero-order valence-electron chi connectivity index (χ0n) is 15.2.